The number of nitrogens with one attached hydrogen (secondary N) is 1. The Morgan fingerprint density at radius 1 is 0.909 bits per heavy atom. The van der Waals surface area contributed by atoms with Crippen molar-refractivity contribution in [1.29, 1.82) is 0 Å². The predicted molar refractivity (Wildman–Crippen MR) is 134 cm³/mol. The van der Waals surface area contributed by atoms with E-state index in [4.69, 9.17) is 0 Å². The number of benzene rings is 3. The molecule has 1 aromatic heterocycles. The molecule has 0 atom stereocenters. The molecule has 0 spiro atoms. The molecule has 0 aliphatic rings. The van der Waals surface area contributed by atoms with Crippen molar-refractivity contribution in [1.82, 2.24) is 20.1 Å². The van der Waals surface area contributed by atoms with Gasteiger partial charge >= 0.3 is 0 Å². The topological polar surface area (TPSA) is 59.8 Å². The molecular formula is C27H28N4OS. The molecule has 1 heterocycles. The van der Waals surface area contributed by atoms with E-state index in [1.54, 1.807) is 0 Å². The van der Waals surface area contributed by atoms with Gasteiger partial charge < -0.3 is 9.88 Å². The molecule has 0 aliphatic carbocycles. The Kier molecular flexibility index (Phi) is 7.58. The van der Waals surface area contributed by atoms with Gasteiger partial charge in [0, 0.05) is 25.1 Å². The lowest BCUT2D eigenvalue weighted by Crippen LogP contribution is -2.27. The second-order valence-electron chi connectivity index (χ2n) is 7.98. The van der Waals surface area contributed by atoms with E-state index in [0.717, 1.165) is 28.5 Å². The average Bonchev–Trinajstić information content (AvgIpc) is 3.22. The van der Waals surface area contributed by atoms with Gasteiger partial charge in [-0.25, -0.2) is 0 Å². The van der Waals surface area contributed by atoms with Crippen molar-refractivity contribution in [3.8, 4) is 11.4 Å². The van der Waals surface area contributed by atoms with E-state index < -0.39 is 0 Å². The number of nitrogens with zero attached hydrogens (tertiary/aromatic N) is 3. The lowest BCUT2D eigenvalue weighted by Gasteiger charge is -2.18. The number of hydrogen-bond acceptors (Lipinski definition) is 4. The van der Waals surface area contributed by atoms with Crippen LogP contribution in [-0.2, 0) is 11.8 Å². The van der Waals surface area contributed by atoms with Crippen LogP contribution in [0.1, 0.15) is 29.0 Å². The zero-order valence-electron chi connectivity index (χ0n) is 18.9. The van der Waals surface area contributed by atoms with E-state index >= 15 is 0 Å². The van der Waals surface area contributed by atoms with Crippen molar-refractivity contribution < 1.29 is 4.79 Å². The second-order valence-corrected chi connectivity index (χ2v) is 8.92. The molecule has 4 rings (SSSR count). The van der Waals surface area contributed by atoms with E-state index in [-0.39, 0.29) is 11.8 Å². The minimum absolute atomic E-state index is 0.000292. The van der Waals surface area contributed by atoms with Crippen LogP contribution in [0.4, 0.5) is 0 Å². The van der Waals surface area contributed by atoms with Crippen LogP contribution in [0.5, 0.6) is 0 Å². The number of amides is 1. The largest absolute Gasteiger partial charge is 0.355 e. The van der Waals surface area contributed by atoms with Gasteiger partial charge in [-0.2, -0.15) is 0 Å². The minimum Gasteiger partial charge on any atom is -0.355 e. The summed E-state index contributed by atoms with van der Waals surface area (Å²) < 4.78 is 1.95. The van der Waals surface area contributed by atoms with E-state index in [1.165, 1.54) is 22.9 Å². The van der Waals surface area contributed by atoms with E-state index in [1.807, 2.05) is 41.9 Å². The number of carbonyl (C=O) groups is 1. The van der Waals surface area contributed by atoms with Crippen LogP contribution < -0.4 is 5.32 Å². The highest BCUT2D eigenvalue weighted by Gasteiger charge is 2.16. The summed E-state index contributed by atoms with van der Waals surface area (Å²) in [6, 6.07) is 29.0. The molecule has 4 aromatic rings. The Hall–Kier alpha value is -3.38. The van der Waals surface area contributed by atoms with Gasteiger partial charge in [-0.05, 0) is 30.0 Å². The number of rotatable bonds is 9. The maximum Gasteiger partial charge on any atom is 0.230 e. The number of aryl methyl sites for hydroxylation is 1. The van der Waals surface area contributed by atoms with Gasteiger partial charge in [-0.15, -0.1) is 10.2 Å². The zero-order chi connectivity index (χ0) is 23.0. The van der Waals surface area contributed by atoms with Crippen molar-refractivity contribution in [2.24, 2.45) is 7.05 Å². The Morgan fingerprint density at radius 2 is 1.52 bits per heavy atom. The maximum atomic E-state index is 12.5. The zero-order valence-corrected chi connectivity index (χ0v) is 19.8. The van der Waals surface area contributed by atoms with Crippen LogP contribution in [0.2, 0.25) is 0 Å². The third kappa shape index (κ3) is 5.71. The van der Waals surface area contributed by atoms with Crippen LogP contribution in [-0.4, -0.2) is 33.0 Å². The summed E-state index contributed by atoms with van der Waals surface area (Å²) in [5.41, 5.74) is 4.72. The molecule has 1 amide bonds. The summed E-state index contributed by atoms with van der Waals surface area (Å²) in [6.45, 7) is 2.67. The molecule has 3 aromatic carbocycles. The minimum atomic E-state index is 0.000292. The SMILES string of the molecule is Cc1ccccc1-c1nnc(SCC(=O)NCCC(c2ccccc2)c2ccccc2)n1C. The highest BCUT2D eigenvalue weighted by Crippen LogP contribution is 2.28. The highest BCUT2D eigenvalue weighted by molar-refractivity contribution is 7.99. The Morgan fingerprint density at radius 3 is 2.15 bits per heavy atom. The highest BCUT2D eigenvalue weighted by atomic mass is 32.2. The van der Waals surface area contributed by atoms with Crippen LogP contribution >= 0.6 is 11.8 Å². The van der Waals surface area contributed by atoms with E-state index in [9.17, 15) is 4.79 Å². The molecule has 168 valence electrons. The van der Waals surface area contributed by atoms with Gasteiger partial charge in [-0.3, -0.25) is 4.79 Å². The molecule has 0 saturated heterocycles. The summed E-state index contributed by atoms with van der Waals surface area (Å²) in [5, 5.41) is 12.4. The van der Waals surface area contributed by atoms with Gasteiger partial charge in [0.1, 0.15) is 0 Å². The smallest absolute Gasteiger partial charge is 0.230 e. The predicted octanol–water partition coefficient (Wildman–Crippen LogP) is 5.22. The number of thioether (sulfide) groups is 1. The summed E-state index contributed by atoms with van der Waals surface area (Å²) >= 11 is 1.41. The molecule has 0 radical (unpaired) electrons. The standard InChI is InChI=1S/C27H28N4OS/c1-20-11-9-10-16-23(20)26-29-30-27(31(26)2)33-19-25(32)28-18-17-24(21-12-5-3-6-13-21)22-14-7-4-8-15-22/h3-16,24H,17-19H2,1-2H3,(H,28,32). The quantitative estimate of drug-likeness (QED) is 0.351. The Labute approximate surface area is 199 Å². The third-order valence-corrected chi connectivity index (χ3v) is 6.73. The van der Waals surface area contributed by atoms with E-state index in [2.05, 4.69) is 77.0 Å². The van der Waals surface area contributed by atoms with Crippen molar-refractivity contribution in [2.45, 2.75) is 24.4 Å². The monoisotopic (exact) mass is 456 g/mol. The van der Waals surface area contributed by atoms with Gasteiger partial charge in [0.2, 0.25) is 5.91 Å². The van der Waals surface area contributed by atoms with Gasteiger partial charge in [0.05, 0.1) is 5.75 Å². The average molecular weight is 457 g/mol. The molecule has 0 unspecified atom stereocenters. The lowest BCUT2D eigenvalue weighted by atomic mass is 9.88. The van der Waals surface area contributed by atoms with Gasteiger partial charge in [-0.1, -0.05) is 96.7 Å². The Balaban J connectivity index is 1.33. The Bertz CT molecular complexity index is 1150. The van der Waals surface area contributed by atoms with Crippen molar-refractivity contribution in [3.05, 3.63) is 102 Å². The number of carbonyl (C=O) groups excluding carboxylic acids is 1. The van der Waals surface area contributed by atoms with Crippen molar-refractivity contribution in [2.75, 3.05) is 12.3 Å². The first-order valence-electron chi connectivity index (χ1n) is 11.1. The van der Waals surface area contributed by atoms with Crippen molar-refractivity contribution in [3.63, 3.8) is 0 Å². The molecular weight excluding hydrogens is 428 g/mol. The molecule has 0 saturated carbocycles. The fourth-order valence-electron chi connectivity index (χ4n) is 3.93. The summed E-state index contributed by atoms with van der Waals surface area (Å²) in [6.07, 6.45) is 0.839. The molecule has 0 fully saturated rings. The molecule has 33 heavy (non-hydrogen) atoms. The summed E-state index contributed by atoms with van der Waals surface area (Å²) in [7, 11) is 1.94. The van der Waals surface area contributed by atoms with Crippen LogP contribution in [0.3, 0.4) is 0 Å². The third-order valence-electron chi connectivity index (χ3n) is 5.71. The first-order chi connectivity index (χ1) is 16.1. The van der Waals surface area contributed by atoms with Crippen LogP contribution in [0.15, 0.2) is 90.1 Å². The van der Waals surface area contributed by atoms with E-state index in [0.29, 0.717) is 12.3 Å². The van der Waals surface area contributed by atoms with Gasteiger partial charge in [0.25, 0.3) is 0 Å². The first kappa shape index (κ1) is 22.8. The number of aromatic nitrogens is 3. The fraction of sp³-hybridized carbons (Fsp3) is 0.222. The maximum absolute atomic E-state index is 12.5. The number of hydrogen-bond donors (Lipinski definition) is 1. The normalized spacial score (nSPS) is 11.0. The van der Waals surface area contributed by atoms with Crippen molar-refractivity contribution >= 4 is 17.7 Å². The molecule has 1 N–H and O–H groups in total. The van der Waals surface area contributed by atoms with Crippen LogP contribution in [0, 0.1) is 6.92 Å². The molecule has 5 nitrogen and oxygen atoms in total. The lowest BCUT2D eigenvalue weighted by molar-refractivity contribution is -0.118. The van der Waals surface area contributed by atoms with Crippen LogP contribution in [0.25, 0.3) is 11.4 Å². The summed E-state index contributed by atoms with van der Waals surface area (Å²) in [4.78, 5) is 12.5. The fourth-order valence-corrected chi connectivity index (χ4v) is 4.67. The molecule has 6 heteroatoms. The molecule has 0 bridgehead atoms. The van der Waals surface area contributed by atoms with Gasteiger partial charge in [0.15, 0.2) is 11.0 Å². The first-order valence-corrected chi connectivity index (χ1v) is 12.1. The molecule has 0 aliphatic heterocycles. The summed E-state index contributed by atoms with van der Waals surface area (Å²) in [5.74, 6) is 1.36. The second kappa shape index (κ2) is 11.0.